The van der Waals surface area contributed by atoms with Crippen LogP contribution < -0.4 is 10.6 Å². The molecule has 0 bridgehead atoms. The van der Waals surface area contributed by atoms with Gasteiger partial charge in [-0.3, -0.25) is 9.59 Å². The van der Waals surface area contributed by atoms with E-state index in [4.69, 9.17) is 5.26 Å². The average Bonchev–Trinajstić information content (AvgIpc) is 2.56. The van der Waals surface area contributed by atoms with Gasteiger partial charge in [-0.1, -0.05) is 18.2 Å². The molecule has 0 saturated heterocycles. The van der Waals surface area contributed by atoms with Gasteiger partial charge >= 0.3 is 0 Å². The lowest BCUT2D eigenvalue weighted by atomic mass is 10.1. The molecule has 0 aromatic heterocycles. The van der Waals surface area contributed by atoms with Gasteiger partial charge in [-0.05, 0) is 49.2 Å². The standard InChI is InChI=1S/C18H17N3O2/c1-12-4-3-5-13(2)17(12)21-16(22)11-20-18(23)15-8-6-14(10-19)7-9-15/h3-9H,11H2,1-2H3,(H,20,23)(H,21,22). The minimum Gasteiger partial charge on any atom is -0.343 e. The lowest BCUT2D eigenvalue weighted by Gasteiger charge is -2.12. The van der Waals surface area contributed by atoms with E-state index in [0.29, 0.717) is 11.1 Å². The Morgan fingerprint density at radius 3 is 2.22 bits per heavy atom. The molecule has 116 valence electrons. The summed E-state index contributed by atoms with van der Waals surface area (Å²) < 4.78 is 0. The molecule has 0 spiro atoms. The number of nitrogens with one attached hydrogen (secondary N) is 2. The van der Waals surface area contributed by atoms with Crippen LogP contribution in [0, 0.1) is 25.2 Å². The fourth-order valence-corrected chi connectivity index (χ4v) is 2.15. The number of benzene rings is 2. The molecule has 0 aliphatic heterocycles. The van der Waals surface area contributed by atoms with Gasteiger partial charge in [-0.15, -0.1) is 0 Å². The summed E-state index contributed by atoms with van der Waals surface area (Å²) in [6.45, 7) is 3.71. The largest absolute Gasteiger partial charge is 0.343 e. The topological polar surface area (TPSA) is 82.0 Å². The Balaban J connectivity index is 1.93. The number of anilines is 1. The summed E-state index contributed by atoms with van der Waals surface area (Å²) >= 11 is 0. The van der Waals surface area contributed by atoms with E-state index in [9.17, 15) is 9.59 Å². The zero-order valence-corrected chi connectivity index (χ0v) is 13.0. The molecule has 5 nitrogen and oxygen atoms in total. The molecular weight excluding hydrogens is 290 g/mol. The molecule has 2 aromatic carbocycles. The second kappa shape index (κ2) is 7.23. The number of hydrogen-bond acceptors (Lipinski definition) is 3. The molecule has 0 aliphatic rings. The molecule has 0 radical (unpaired) electrons. The van der Waals surface area contributed by atoms with E-state index in [2.05, 4.69) is 10.6 Å². The van der Waals surface area contributed by atoms with Gasteiger partial charge < -0.3 is 10.6 Å². The maximum Gasteiger partial charge on any atom is 0.251 e. The quantitative estimate of drug-likeness (QED) is 0.910. The molecule has 23 heavy (non-hydrogen) atoms. The fourth-order valence-electron chi connectivity index (χ4n) is 2.15. The van der Waals surface area contributed by atoms with Crippen molar-refractivity contribution >= 4 is 17.5 Å². The summed E-state index contributed by atoms with van der Waals surface area (Å²) in [5.74, 6) is -0.643. The zero-order valence-electron chi connectivity index (χ0n) is 13.0. The van der Waals surface area contributed by atoms with Crippen LogP contribution in [0.1, 0.15) is 27.0 Å². The van der Waals surface area contributed by atoms with Crippen molar-refractivity contribution in [1.29, 1.82) is 5.26 Å². The number of hydrogen-bond donors (Lipinski definition) is 2. The molecule has 0 fully saturated rings. The van der Waals surface area contributed by atoms with Crippen molar-refractivity contribution < 1.29 is 9.59 Å². The smallest absolute Gasteiger partial charge is 0.251 e. The minimum absolute atomic E-state index is 0.118. The normalized spacial score (nSPS) is 9.78. The van der Waals surface area contributed by atoms with Gasteiger partial charge in [-0.25, -0.2) is 0 Å². The van der Waals surface area contributed by atoms with Crippen molar-refractivity contribution in [3.63, 3.8) is 0 Å². The Labute approximate surface area is 134 Å². The Kier molecular flexibility index (Phi) is 5.11. The SMILES string of the molecule is Cc1cccc(C)c1NC(=O)CNC(=O)c1ccc(C#N)cc1. The van der Waals surface area contributed by atoms with Gasteiger partial charge in [0.1, 0.15) is 0 Å². The molecule has 0 heterocycles. The first-order chi connectivity index (χ1) is 11.0. The van der Waals surface area contributed by atoms with Crippen molar-refractivity contribution in [2.75, 3.05) is 11.9 Å². The van der Waals surface area contributed by atoms with Crippen LogP contribution in [-0.4, -0.2) is 18.4 Å². The maximum atomic E-state index is 12.0. The van der Waals surface area contributed by atoms with Crippen molar-refractivity contribution in [3.8, 4) is 6.07 Å². The highest BCUT2D eigenvalue weighted by Crippen LogP contribution is 2.18. The van der Waals surface area contributed by atoms with Gasteiger partial charge in [0, 0.05) is 11.3 Å². The van der Waals surface area contributed by atoms with Crippen LogP contribution in [0.5, 0.6) is 0 Å². The van der Waals surface area contributed by atoms with Gasteiger partial charge in [-0.2, -0.15) is 5.26 Å². The second-order valence-corrected chi connectivity index (χ2v) is 5.19. The summed E-state index contributed by atoms with van der Waals surface area (Å²) in [4.78, 5) is 23.9. The molecular formula is C18H17N3O2. The summed E-state index contributed by atoms with van der Waals surface area (Å²) in [5.41, 5.74) is 3.59. The highest BCUT2D eigenvalue weighted by Gasteiger charge is 2.10. The third-order valence-electron chi connectivity index (χ3n) is 3.43. The summed E-state index contributed by atoms with van der Waals surface area (Å²) in [6, 6.07) is 14.0. The number of carbonyl (C=O) groups excluding carboxylic acids is 2. The molecule has 2 aromatic rings. The van der Waals surface area contributed by atoms with Crippen LogP contribution >= 0.6 is 0 Å². The van der Waals surface area contributed by atoms with Crippen LogP contribution in [0.4, 0.5) is 5.69 Å². The van der Waals surface area contributed by atoms with Crippen LogP contribution in [0.3, 0.4) is 0 Å². The number of amides is 2. The van der Waals surface area contributed by atoms with E-state index in [1.54, 1.807) is 24.3 Å². The molecule has 0 aliphatic carbocycles. The number of para-hydroxylation sites is 1. The summed E-state index contributed by atoms with van der Waals surface area (Å²) in [5, 5.41) is 14.1. The van der Waals surface area contributed by atoms with E-state index >= 15 is 0 Å². The van der Waals surface area contributed by atoms with Crippen LogP contribution in [0.15, 0.2) is 42.5 Å². The molecule has 2 amide bonds. The first kappa shape index (κ1) is 16.2. The predicted octanol–water partition coefficient (Wildman–Crippen LogP) is 2.54. The molecule has 0 unspecified atom stereocenters. The number of aryl methyl sites for hydroxylation is 2. The molecule has 5 heteroatoms. The van der Waals surface area contributed by atoms with Gasteiger partial charge in [0.05, 0.1) is 18.2 Å². The zero-order chi connectivity index (χ0) is 16.8. The number of nitriles is 1. The molecule has 2 N–H and O–H groups in total. The highest BCUT2D eigenvalue weighted by atomic mass is 16.2. The lowest BCUT2D eigenvalue weighted by molar-refractivity contribution is -0.115. The van der Waals surface area contributed by atoms with Gasteiger partial charge in [0.15, 0.2) is 0 Å². The minimum atomic E-state index is -0.355. The Morgan fingerprint density at radius 2 is 1.65 bits per heavy atom. The predicted molar refractivity (Wildman–Crippen MR) is 88.0 cm³/mol. The number of carbonyl (C=O) groups is 2. The first-order valence-electron chi connectivity index (χ1n) is 7.15. The Hall–Kier alpha value is -3.13. The second-order valence-electron chi connectivity index (χ2n) is 5.19. The lowest BCUT2D eigenvalue weighted by Crippen LogP contribution is -2.33. The third kappa shape index (κ3) is 4.17. The summed E-state index contributed by atoms with van der Waals surface area (Å²) in [6.07, 6.45) is 0. The molecule has 0 saturated carbocycles. The average molecular weight is 307 g/mol. The van der Waals surface area contributed by atoms with E-state index in [-0.39, 0.29) is 18.4 Å². The van der Waals surface area contributed by atoms with E-state index in [1.807, 2.05) is 38.1 Å². The maximum absolute atomic E-state index is 12.0. The van der Waals surface area contributed by atoms with Gasteiger partial charge in [0.2, 0.25) is 5.91 Å². The van der Waals surface area contributed by atoms with Crippen molar-refractivity contribution in [1.82, 2.24) is 5.32 Å². The molecule has 2 rings (SSSR count). The monoisotopic (exact) mass is 307 g/mol. The third-order valence-corrected chi connectivity index (χ3v) is 3.43. The summed E-state index contributed by atoms with van der Waals surface area (Å²) in [7, 11) is 0. The van der Waals surface area contributed by atoms with E-state index in [0.717, 1.165) is 16.8 Å². The molecule has 0 atom stereocenters. The van der Waals surface area contributed by atoms with Crippen molar-refractivity contribution in [3.05, 3.63) is 64.7 Å². The first-order valence-corrected chi connectivity index (χ1v) is 7.15. The van der Waals surface area contributed by atoms with Gasteiger partial charge in [0.25, 0.3) is 5.91 Å². The van der Waals surface area contributed by atoms with E-state index < -0.39 is 0 Å². The fraction of sp³-hybridized carbons (Fsp3) is 0.167. The highest BCUT2D eigenvalue weighted by molar-refractivity contribution is 5.99. The van der Waals surface area contributed by atoms with Crippen LogP contribution in [0.2, 0.25) is 0 Å². The number of rotatable bonds is 4. The Bertz CT molecular complexity index is 754. The van der Waals surface area contributed by atoms with E-state index in [1.165, 1.54) is 0 Å². The van der Waals surface area contributed by atoms with Crippen LogP contribution in [0.25, 0.3) is 0 Å². The Morgan fingerprint density at radius 1 is 1.04 bits per heavy atom. The van der Waals surface area contributed by atoms with Crippen molar-refractivity contribution in [2.45, 2.75) is 13.8 Å². The number of nitrogens with zero attached hydrogens (tertiary/aromatic N) is 1. The van der Waals surface area contributed by atoms with Crippen LogP contribution in [-0.2, 0) is 4.79 Å². The van der Waals surface area contributed by atoms with Crippen molar-refractivity contribution in [2.24, 2.45) is 0 Å².